The van der Waals surface area contributed by atoms with Crippen LogP contribution in [-0.2, 0) is 19.9 Å². The van der Waals surface area contributed by atoms with Gasteiger partial charge in [0.2, 0.25) is 10.0 Å². The predicted molar refractivity (Wildman–Crippen MR) is 77.8 cm³/mol. The minimum Gasteiger partial charge on any atom is -0.229 e. The smallest absolute Gasteiger partial charge is 0.229 e. The number of hydrogen-bond donors (Lipinski definition) is 0. The zero-order valence-electron chi connectivity index (χ0n) is 11.9. The van der Waals surface area contributed by atoms with Gasteiger partial charge in [-0.15, -0.1) is 0 Å². The van der Waals surface area contributed by atoms with E-state index in [0.717, 1.165) is 10.4 Å². The molecule has 1 fully saturated rings. The molecule has 0 radical (unpaired) electrons. The first-order chi connectivity index (χ1) is 9.67. The summed E-state index contributed by atoms with van der Waals surface area (Å²) in [5, 5.41) is 0. The molecule has 118 valence electrons. The highest BCUT2D eigenvalue weighted by Gasteiger charge is 2.38. The standard InChI is InChI=1S/C13H18FNO4S2/c1-3-15(11-6-7-20(16,17)9-11)21(18,19)12-5-4-10(2)13(14)8-12/h4-5,8,11H,3,6-7,9H2,1-2H3. The summed E-state index contributed by atoms with van der Waals surface area (Å²) in [5.41, 5.74) is 0.362. The molecular formula is C13H18FNO4S2. The predicted octanol–water partition coefficient (Wildman–Crippen LogP) is 1.33. The van der Waals surface area contributed by atoms with Crippen LogP contribution in [0, 0.1) is 12.7 Å². The molecule has 21 heavy (non-hydrogen) atoms. The van der Waals surface area contributed by atoms with Crippen LogP contribution >= 0.6 is 0 Å². The topological polar surface area (TPSA) is 71.5 Å². The van der Waals surface area contributed by atoms with E-state index in [-0.39, 0.29) is 29.4 Å². The fourth-order valence-corrected chi connectivity index (χ4v) is 6.00. The molecule has 0 N–H and O–H groups in total. The Balaban J connectivity index is 2.38. The van der Waals surface area contributed by atoms with Crippen LogP contribution in [-0.4, -0.2) is 45.2 Å². The van der Waals surface area contributed by atoms with E-state index in [9.17, 15) is 21.2 Å². The van der Waals surface area contributed by atoms with Gasteiger partial charge >= 0.3 is 0 Å². The van der Waals surface area contributed by atoms with Crippen molar-refractivity contribution in [3.63, 3.8) is 0 Å². The summed E-state index contributed by atoms with van der Waals surface area (Å²) in [5.74, 6) is -0.772. The maximum atomic E-state index is 13.6. The molecular weight excluding hydrogens is 317 g/mol. The summed E-state index contributed by atoms with van der Waals surface area (Å²) in [7, 11) is -7.08. The SMILES string of the molecule is CCN(C1CCS(=O)(=O)C1)S(=O)(=O)c1ccc(C)c(F)c1. The number of rotatable bonds is 4. The van der Waals surface area contributed by atoms with E-state index in [1.54, 1.807) is 13.8 Å². The molecule has 0 bridgehead atoms. The zero-order valence-corrected chi connectivity index (χ0v) is 13.5. The van der Waals surface area contributed by atoms with Crippen LogP contribution in [0.1, 0.15) is 18.9 Å². The van der Waals surface area contributed by atoms with Gasteiger partial charge in [0.1, 0.15) is 5.82 Å². The largest absolute Gasteiger partial charge is 0.243 e. The third kappa shape index (κ3) is 3.27. The van der Waals surface area contributed by atoms with Crippen LogP contribution < -0.4 is 0 Å². The molecule has 2 rings (SSSR count). The molecule has 8 heteroatoms. The van der Waals surface area contributed by atoms with Crippen LogP contribution in [0.15, 0.2) is 23.1 Å². The Morgan fingerprint density at radius 3 is 2.52 bits per heavy atom. The second-order valence-corrected chi connectivity index (χ2v) is 9.30. The van der Waals surface area contributed by atoms with E-state index < -0.39 is 31.7 Å². The molecule has 1 saturated heterocycles. The molecule has 5 nitrogen and oxygen atoms in total. The monoisotopic (exact) mass is 335 g/mol. The second-order valence-electron chi connectivity index (χ2n) is 5.18. The Bertz CT molecular complexity index is 743. The lowest BCUT2D eigenvalue weighted by atomic mass is 10.2. The number of halogens is 1. The summed E-state index contributed by atoms with van der Waals surface area (Å²) in [6, 6.07) is 3.16. The molecule has 1 aromatic rings. The molecule has 1 aliphatic rings. The molecule has 0 saturated carbocycles. The molecule has 1 heterocycles. The van der Waals surface area contributed by atoms with Crippen molar-refractivity contribution in [3.05, 3.63) is 29.6 Å². The highest BCUT2D eigenvalue weighted by Crippen LogP contribution is 2.25. The van der Waals surface area contributed by atoms with E-state index in [0.29, 0.717) is 5.56 Å². The van der Waals surface area contributed by atoms with Gasteiger partial charge in [0.15, 0.2) is 9.84 Å². The molecule has 0 aliphatic carbocycles. The van der Waals surface area contributed by atoms with Crippen LogP contribution in [0.2, 0.25) is 0 Å². The summed E-state index contributed by atoms with van der Waals surface area (Å²) in [6.45, 7) is 3.35. The van der Waals surface area contributed by atoms with E-state index in [1.165, 1.54) is 12.1 Å². The maximum Gasteiger partial charge on any atom is 0.243 e. The zero-order chi connectivity index (χ0) is 15.8. The number of benzene rings is 1. The van der Waals surface area contributed by atoms with Gasteiger partial charge in [-0.3, -0.25) is 0 Å². The van der Waals surface area contributed by atoms with Crippen molar-refractivity contribution in [3.8, 4) is 0 Å². The van der Waals surface area contributed by atoms with Crippen LogP contribution in [0.5, 0.6) is 0 Å². The number of nitrogens with zero attached hydrogens (tertiary/aromatic N) is 1. The summed E-state index contributed by atoms with van der Waals surface area (Å²) in [4.78, 5) is -0.142. The molecule has 0 aromatic heterocycles. The van der Waals surface area contributed by atoms with Gasteiger partial charge in [-0.05, 0) is 31.0 Å². The van der Waals surface area contributed by atoms with Gasteiger partial charge in [-0.25, -0.2) is 21.2 Å². The number of hydrogen-bond acceptors (Lipinski definition) is 4. The lowest BCUT2D eigenvalue weighted by molar-refractivity contribution is 0.354. The molecule has 0 spiro atoms. The van der Waals surface area contributed by atoms with E-state index in [2.05, 4.69) is 0 Å². The average molecular weight is 335 g/mol. The highest BCUT2D eigenvalue weighted by molar-refractivity contribution is 7.92. The summed E-state index contributed by atoms with van der Waals surface area (Å²) in [6.07, 6.45) is 0.281. The average Bonchev–Trinajstić information content (AvgIpc) is 2.73. The molecule has 1 aliphatic heterocycles. The van der Waals surface area contributed by atoms with Crippen molar-refractivity contribution in [2.45, 2.75) is 31.2 Å². The van der Waals surface area contributed by atoms with Gasteiger partial charge < -0.3 is 0 Å². The Morgan fingerprint density at radius 2 is 2.05 bits per heavy atom. The Kier molecular flexibility index (Phi) is 4.41. The van der Waals surface area contributed by atoms with Crippen molar-refractivity contribution in [2.75, 3.05) is 18.1 Å². The Hall–Kier alpha value is -0.990. The highest BCUT2D eigenvalue weighted by atomic mass is 32.2. The molecule has 1 aromatic carbocycles. The summed E-state index contributed by atoms with van der Waals surface area (Å²) >= 11 is 0. The van der Waals surface area contributed by atoms with Gasteiger partial charge in [0.25, 0.3) is 0 Å². The quantitative estimate of drug-likeness (QED) is 0.832. The number of sulfonamides is 1. The minimum atomic E-state index is -3.90. The fourth-order valence-electron chi connectivity index (χ4n) is 2.50. The second kappa shape index (κ2) is 5.66. The van der Waals surface area contributed by atoms with Crippen molar-refractivity contribution >= 4 is 19.9 Å². The van der Waals surface area contributed by atoms with E-state index in [1.807, 2.05) is 0 Å². The Labute approximate surface area is 124 Å². The van der Waals surface area contributed by atoms with E-state index >= 15 is 0 Å². The maximum absolute atomic E-state index is 13.6. The normalized spacial score (nSPS) is 21.8. The van der Waals surface area contributed by atoms with Crippen molar-refractivity contribution in [1.82, 2.24) is 4.31 Å². The minimum absolute atomic E-state index is 0.00799. The summed E-state index contributed by atoms with van der Waals surface area (Å²) < 4.78 is 63.0. The lowest BCUT2D eigenvalue weighted by Crippen LogP contribution is -2.40. The Morgan fingerprint density at radius 1 is 1.38 bits per heavy atom. The lowest BCUT2D eigenvalue weighted by Gasteiger charge is -2.26. The van der Waals surface area contributed by atoms with Crippen molar-refractivity contribution in [2.24, 2.45) is 0 Å². The molecule has 0 amide bonds. The van der Waals surface area contributed by atoms with Gasteiger partial charge in [0, 0.05) is 12.6 Å². The van der Waals surface area contributed by atoms with E-state index in [4.69, 9.17) is 0 Å². The molecule has 1 unspecified atom stereocenters. The number of sulfone groups is 1. The fraction of sp³-hybridized carbons (Fsp3) is 0.538. The van der Waals surface area contributed by atoms with Gasteiger partial charge in [0.05, 0.1) is 16.4 Å². The first-order valence-electron chi connectivity index (χ1n) is 6.66. The van der Waals surface area contributed by atoms with Gasteiger partial charge in [-0.2, -0.15) is 4.31 Å². The first kappa shape index (κ1) is 16.4. The number of aryl methyl sites for hydroxylation is 1. The van der Waals surface area contributed by atoms with Crippen molar-refractivity contribution < 1.29 is 21.2 Å². The van der Waals surface area contributed by atoms with Crippen LogP contribution in [0.25, 0.3) is 0 Å². The first-order valence-corrected chi connectivity index (χ1v) is 9.92. The molecule has 1 atom stereocenters. The van der Waals surface area contributed by atoms with Crippen molar-refractivity contribution in [1.29, 1.82) is 0 Å². The van der Waals surface area contributed by atoms with Gasteiger partial charge in [-0.1, -0.05) is 13.0 Å². The third-order valence-electron chi connectivity index (χ3n) is 3.68. The third-order valence-corrected chi connectivity index (χ3v) is 7.45. The van der Waals surface area contributed by atoms with Crippen LogP contribution in [0.3, 0.4) is 0 Å². The van der Waals surface area contributed by atoms with Crippen LogP contribution in [0.4, 0.5) is 4.39 Å².